The van der Waals surface area contributed by atoms with E-state index >= 15 is 0 Å². The van der Waals surface area contributed by atoms with Gasteiger partial charge in [-0.1, -0.05) is 5.11 Å². The lowest BCUT2D eigenvalue weighted by Crippen LogP contribution is -2.27. The fourth-order valence-electron chi connectivity index (χ4n) is 2.37. The first kappa shape index (κ1) is 19.9. The third-order valence-corrected chi connectivity index (χ3v) is 3.34. The normalized spacial score (nSPS) is 12.3. The number of nitrogens with one attached hydrogen (secondary N) is 1. The predicted molar refractivity (Wildman–Crippen MR) is 94.9 cm³/mol. The number of carboxylic acids is 1. The summed E-state index contributed by atoms with van der Waals surface area (Å²) in [6.45, 7) is 5.47. The van der Waals surface area contributed by atoms with Crippen molar-refractivity contribution in [2.75, 3.05) is 11.9 Å². The minimum Gasteiger partial charge on any atom is -0.481 e. The summed E-state index contributed by atoms with van der Waals surface area (Å²) in [6, 6.07) is 0. The van der Waals surface area contributed by atoms with Gasteiger partial charge in [-0.2, -0.15) is 0 Å². The van der Waals surface area contributed by atoms with E-state index in [0.29, 0.717) is 11.2 Å². The highest BCUT2D eigenvalue weighted by molar-refractivity contribution is 5.93. The summed E-state index contributed by atoms with van der Waals surface area (Å²) in [5.74, 6) is -1.26. The molecule has 2 rings (SSSR count). The molecule has 12 nitrogen and oxygen atoms in total. The van der Waals surface area contributed by atoms with Gasteiger partial charge in [0, 0.05) is 24.4 Å². The van der Waals surface area contributed by atoms with Gasteiger partial charge in [0.25, 0.3) is 0 Å². The monoisotopic (exact) mass is 376 g/mol. The fraction of sp³-hybridized carbons (Fsp3) is 0.533. The van der Waals surface area contributed by atoms with Crippen molar-refractivity contribution in [3.63, 3.8) is 0 Å². The van der Waals surface area contributed by atoms with Crippen LogP contribution >= 0.6 is 0 Å². The molecule has 0 aliphatic rings. The molecule has 1 atom stereocenters. The quantitative estimate of drug-likeness (QED) is 0.425. The van der Waals surface area contributed by atoms with E-state index in [-0.39, 0.29) is 25.3 Å². The number of hydrogen-bond acceptors (Lipinski definition) is 7. The lowest BCUT2D eigenvalue weighted by atomic mass is 10.1. The number of carbonyl (C=O) groups excluding carboxylic acids is 1. The van der Waals surface area contributed by atoms with Crippen LogP contribution in [0.4, 0.5) is 10.6 Å². The second kappa shape index (κ2) is 8.32. The molecule has 12 heteroatoms. The number of rotatable bonds is 7. The van der Waals surface area contributed by atoms with Crippen molar-refractivity contribution in [1.29, 1.82) is 0 Å². The standard InChI is InChI=1S/C15H20N8O4/c1-15(2,3)27-14(26)21-12-11-13(18-7-17-12)23(8-19-11)6-9(4-10(24)25)5-20-22-16/h7-9H,4-6H2,1-3H3,(H,24,25)(H,17,18,21,26)/t9-/m1/s1. The molecule has 0 aliphatic carbocycles. The fourth-order valence-corrected chi connectivity index (χ4v) is 2.37. The van der Waals surface area contributed by atoms with Gasteiger partial charge in [-0.25, -0.2) is 19.7 Å². The molecule has 0 aromatic carbocycles. The minimum atomic E-state index is -1.00. The van der Waals surface area contributed by atoms with Crippen LogP contribution in [0.5, 0.6) is 0 Å². The first-order valence-electron chi connectivity index (χ1n) is 8.08. The average molecular weight is 376 g/mol. The van der Waals surface area contributed by atoms with Crippen LogP contribution in [0.2, 0.25) is 0 Å². The molecular weight excluding hydrogens is 356 g/mol. The SMILES string of the molecule is CC(C)(C)OC(=O)Nc1ncnc2c1ncn2C[C@@H](CN=[N+]=[N-])CC(=O)O. The summed E-state index contributed by atoms with van der Waals surface area (Å²) in [7, 11) is 0. The van der Waals surface area contributed by atoms with Gasteiger partial charge in [0.05, 0.1) is 6.33 Å². The van der Waals surface area contributed by atoms with Gasteiger partial charge in [-0.05, 0) is 32.2 Å². The molecule has 144 valence electrons. The predicted octanol–water partition coefficient (Wildman–Crippen LogP) is 2.57. The maximum absolute atomic E-state index is 12.0. The molecule has 1 amide bonds. The van der Waals surface area contributed by atoms with E-state index in [1.54, 1.807) is 25.3 Å². The molecule has 0 spiro atoms. The van der Waals surface area contributed by atoms with Crippen molar-refractivity contribution in [2.45, 2.75) is 39.3 Å². The van der Waals surface area contributed by atoms with Crippen molar-refractivity contribution >= 4 is 29.0 Å². The number of aliphatic carboxylic acids is 1. The number of imidazole rings is 1. The summed E-state index contributed by atoms with van der Waals surface area (Å²) >= 11 is 0. The van der Waals surface area contributed by atoms with E-state index in [9.17, 15) is 9.59 Å². The van der Waals surface area contributed by atoms with E-state index in [1.165, 1.54) is 12.7 Å². The molecule has 2 heterocycles. The Bertz CT molecular complexity index is 878. The Morgan fingerprint density at radius 1 is 1.41 bits per heavy atom. The van der Waals surface area contributed by atoms with E-state index in [0.717, 1.165) is 0 Å². The molecule has 2 N–H and O–H groups in total. The number of nitrogens with zero attached hydrogens (tertiary/aromatic N) is 7. The van der Waals surface area contributed by atoms with Crippen molar-refractivity contribution < 1.29 is 19.4 Å². The van der Waals surface area contributed by atoms with Gasteiger partial charge < -0.3 is 14.4 Å². The largest absolute Gasteiger partial charge is 0.481 e. The molecule has 0 aliphatic heterocycles. The van der Waals surface area contributed by atoms with Gasteiger partial charge in [0.2, 0.25) is 0 Å². The molecule has 2 aromatic heterocycles. The van der Waals surface area contributed by atoms with Crippen LogP contribution in [0, 0.1) is 5.92 Å². The van der Waals surface area contributed by atoms with E-state index in [4.69, 9.17) is 15.4 Å². The van der Waals surface area contributed by atoms with Gasteiger partial charge >= 0.3 is 12.1 Å². The summed E-state index contributed by atoms with van der Waals surface area (Å²) in [5, 5.41) is 15.0. The van der Waals surface area contributed by atoms with Crippen LogP contribution in [-0.2, 0) is 16.1 Å². The number of carboxylic acid groups (broad SMARTS) is 1. The minimum absolute atomic E-state index is 0.0244. The first-order chi connectivity index (χ1) is 12.7. The van der Waals surface area contributed by atoms with Crippen molar-refractivity contribution in [2.24, 2.45) is 11.0 Å². The molecule has 0 radical (unpaired) electrons. The summed E-state index contributed by atoms with van der Waals surface area (Å²) in [4.78, 5) is 38.0. The lowest BCUT2D eigenvalue weighted by molar-refractivity contribution is -0.138. The number of aromatic nitrogens is 4. The zero-order valence-corrected chi connectivity index (χ0v) is 15.2. The summed E-state index contributed by atoms with van der Waals surface area (Å²) < 4.78 is 6.82. The zero-order valence-electron chi connectivity index (χ0n) is 15.2. The number of ether oxygens (including phenoxy) is 1. The molecule has 0 saturated heterocycles. The third kappa shape index (κ3) is 5.82. The lowest BCUT2D eigenvalue weighted by Gasteiger charge is -2.19. The topological polar surface area (TPSA) is 168 Å². The number of anilines is 1. The molecule has 27 heavy (non-hydrogen) atoms. The maximum atomic E-state index is 12.0. The van der Waals surface area contributed by atoms with Gasteiger partial charge in [0.15, 0.2) is 17.0 Å². The number of carbonyl (C=O) groups is 2. The summed E-state index contributed by atoms with van der Waals surface area (Å²) in [5.41, 5.74) is 8.55. The number of amides is 1. The second-order valence-corrected chi connectivity index (χ2v) is 6.80. The van der Waals surface area contributed by atoms with Crippen LogP contribution in [0.3, 0.4) is 0 Å². The smallest absolute Gasteiger partial charge is 0.413 e. The van der Waals surface area contributed by atoms with Crippen LogP contribution in [-0.4, -0.2) is 48.8 Å². The molecule has 0 fully saturated rings. The van der Waals surface area contributed by atoms with Crippen LogP contribution in [0.1, 0.15) is 27.2 Å². The van der Waals surface area contributed by atoms with Crippen molar-refractivity contribution in [1.82, 2.24) is 19.5 Å². The molecule has 2 aromatic rings. The van der Waals surface area contributed by atoms with Crippen LogP contribution < -0.4 is 5.32 Å². The Kier molecular flexibility index (Phi) is 6.14. The Balaban J connectivity index is 2.24. The molecule has 0 bridgehead atoms. The van der Waals surface area contributed by atoms with Crippen LogP contribution in [0.15, 0.2) is 17.8 Å². The number of fused-ring (bicyclic) bond motifs is 1. The van der Waals surface area contributed by atoms with Crippen LogP contribution in [0.25, 0.3) is 21.6 Å². The average Bonchev–Trinajstić information content (AvgIpc) is 2.94. The Morgan fingerprint density at radius 3 is 2.78 bits per heavy atom. The van der Waals surface area contributed by atoms with Crippen molar-refractivity contribution in [3.8, 4) is 0 Å². The Hall–Kier alpha value is -3.40. The van der Waals surface area contributed by atoms with E-state index < -0.39 is 23.6 Å². The van der Waals surface area contributed by atoms with Crippen molar-refractivity contribution in [3.05, 3.63) is 23.1 Å². The molecule has 0 unspecified atom stereocenters. The van der Waals surface area contributed by atoms with E-state index in [1.807, 2.05) is 0 Å². The van der Waals surface area contributed by atoms with Gasteiger partial charge in [-0.15, -0.1) is 0 Å². The Morgan fingerprint density at radius 2 is 2.15 bits per heavy atom. The Labute approximate surface area is 154 Å². The van der Waals surface area contributed by atoms with Gasteiger partial charge in [-0.3, -0.25) is 10.1 Å². The zero-order chi connectivity index (χ0) is 20.0. The molecule has 0 saturated carbocycles. The van der Waals surface area contributed by atoms with Gasteiger partial charge in [0.1, 0.15) is 11.9 Å². The highest BCUT2D eigenvalue weighted by Crippen LogP contribution is 2.20. The number of azide groups is 1. The maximum Gasteiger partial charge on any atom is 0.413 e. The third-order valence-electron chi connectivity index (χ3n) is 3.34. The molecular formula is C15H20N8O4. The second-order valence-electron chi connectivity index (χ2n) is 6.80. The summed E-state index contributed by atoms with van der Waals surface area (Å²) in [6.07, 6.45) is 1.87. The highest BCUT2D eigenvalue weighted by atomic mass is 16.6. The first-order valence-corrected chi connectivity index (χ1v) is 8.08. The highest BCUT2D eigenvalue weighted by Gasteiger charge is 2.20. The van der Waals surface area contributed by atoms with E-state index in [2.05, 4.69) is 30.3 Å². The number of hydrogen-bond donors (Lipinski definition) is 2.